The van der Waals surface area contributed by atoms with Crippen molar-refractivity contribution in [2.45, 2.75) is 13.5 Å². The molecule has 6 heteroatoms. The fourth-order valence-corrected chi connectivity index (χ4v) is 3.09. The van der Waals surface area contributed by atoms with Crippen molar-refractivity contribution in [3.63, 3.8) is 0 Å². The van der Waals surface area contributed by atoms with Crippen molar-refractivity contribution in [1.29, 1.82) is 0 Å². The molecule has 0 aliphatic rings. The predicted octanol–water partition coefficient (Wildman–Crippen LogP) is 4.54. The van der Waals surface area contributed by atoms with Crippen LogP contribution in [0.1, 0.15) is 17.4 Å². The molecule has 0 saturated carbocycles. The summed E-state index contributed by atoms with van der Waals surface area (Å²) < 4.78 is 1.83. The molecular formula is C16H14ClN3OS. The van der Waals surface area contributed by atoms with Gasteiger partial charge in [0.25, 0.3) is 5.91 Å². The van der Waals surface area contributed by atoms with Crippen molar-refractivity contribution in [2.24, 2.45) is 0 Å². The van der Waals surface area contributed by atoms with Gasteiger partial charge in [0.15, 0.2) is 5.69 Å². The molecule has 0 unspecified atom stereocenters. The number of anilines is 1. The number of carbonyl (C=O) groups is 1. The third kappa shape index (κ3) is 3.05. The van der Waals surface area contributed by atoms with E-state index in [0.29, 0.717) is 22.9 Å². The highest BCUT2D eigenvalue weighted by Crippen LogP contribution is 2.26. The van der Waals surface area contributed by atoms with E-state index in [1.54, 1.807) is 35.6 Å². The van der Waals surface area contributed by atoms with E-state index in [9.17, 15) is 4.79 Å². The number of thiophene rings is 1. The van der Waals surface area contributed by atoms with Crippen LogP contribution in [0.3, 0.4) is 0 Å². The van der Waals surface area contributed by atoms with E-state index in [-0.39, 0.29) is 5.91 Å². The lowest BCUT2D eigenvalue weighted by Gasteiger charge is -2.03. The molecule has 0 aliphatic heterocycles. The molecule has 0 spiro atoms. The van der Waals surface area contributed by atoms with Gasteiger partial charge in [-0.3, -0.25) is 9.48 Å². The third-order valence-corrected chi connectivity index (χ3v) is 4.30. The van der Waals surface area contributed by atoms with Crippen LogP contribution < -0.4 is 5.32 Å². The monoisotopic (exact) mass is 331 g/mol. The molecule has 1 aromatic carbocycles. The summed E-state index contributed by atoms with van der Waals surface area (Å²) in [6.07, 6.45) is 0. The largest absolute Gasteiger partial charge is 0.321 e. The Balaban J connectivity index is 1.87. The minimum atomic E-state index is -0.243. The maximum Gasteiger partial charge on any atom is 0.276 e. The zero-order valence-electron chi connectivity index (χ0n) is 11.9. The number of hydrogen-bond acceptors (Lipinski definition) is 3. The van der Waals surface area contributed by atoms with E-state index >= 15 is 0 Å². The summed E-state index contributed by atoms with van der Waals surface area (Å²) >= 11 is 7.55. The Morgan fingerprint density at radius 2 is 2.18 bits per heavy atom. The Kier molecular flexibility index (Phi) is 4.27. The second-order valence-electron chi connectivity index (χ2n) is 4.67. The van der Waals surface area contributed by atoms with Gasteiger partial charge in [-0.2, -0.15) is 5.10 Å². The van der Waals surface area contributed by atoms with Crippen LogP contribution >= 0.6 is 22.9 Å². The minimum absolute atomic E-state index is 0.243. The Morgan fingerprint density at radius 1 is 1.32 bits per heavy atom. The summed E-state index contributed by atoms with van der Waals surface area (Å²) in [6, 6.07) is 12.9. The highest BCUT2D eigenvalue weighted by atomic mass is 35.5. The van der Waals surface area contributed by atoms with Crippen LogP contribution in [-0.4, -0.2) is 15.7 Å². The summed E-state index contributed by atoms with van der Waals surface area (Å²) in [6.45, 7) is 2.71. The summed E-state index contributed by atoms with van der Waals surface area (Å²) in [5, 5.41) is 9.78. The van der Waals surface area contributed by atoms with E-state index < -0.39 is 0 Å². The molecule has 3 aromatic rings. The van der Waals surface area contributed by atoms with Gasteiger partial charge in [0.2, 0.25) is 0 Å². The van der Waals surface area contributed by atoms with Crippen LogP contribution in [0.15, 0.2) is 47.8 Å². The van der Waals surface area contributed by atoms with Crippen molar-refractivity contribution in [1.82, 2.24) is 9.78 Å². The highest BCUT2D eigenvalue weighted by molar-refractivity contribution is 7.13. The second kappa shape index (κ2) is 6.34. The molecule has 0 fully saturated rings. The molecule has 112 valence electrons. The molecule has 0 radical (unpaired) electrons. The van der Waals surface area contributed by atoms with E-state index in [1.807, 2.05) is 35.2 Å². The fourth-order valence-electron chi connectivity index (χ4n) is 2.15. The molecule has 3 rings (SSSR count). The van der Waals surface area contributed by atoms with Gasteiger partial charge >= 0.3 is 0 Å². The first-order valence-electron chi connectivity index (χ1n) is 6.86. The second-order valence-corrected chi connectivity index (χ2v) is 6.06. The lowest BCUT2D eigenvalue weighted by atomic mass is 10.2. The molecule has 1 N–H and O–H groups in total. The van der Waals surface area contributed by atoms with E-state index in [2.05, 4.69) is 10.4 Å². The normalized spacial score (nSPS) is 10.6. The summed E-state index contributed by atoms with van der Waals surface area (Å²) in [7, 11) is 0. The van der Waals surface area contributed by atoms with Gasteiger partial charge < -0.3 is 5.32 Å². The summed E-state index contributed by atoms with van der Waals surface area (Å²) in [5.41, 5.74) is 2.00. The van der Waals surface area contributed by atoms with E-state index in [1.165, 1.54) is 0 Å². The fraction of sp³-hybridized carbons (Fsp3) is 0.125. The van der Waals surface area contributed by atoms with Crippen LogP contribution in [0.4, 0.5) is 5.69 Å². The van der Waals surface area contributed by atoms with Crippen LogP contribution in [0, 0.1) is 0 Å². The van der Waals surface area contributed by atoms with Gasteiger partial charge in [-0.15, -0.1) is 11.3 Å². The Bertz CT molecular complexity index is 796. The Hall–Kier alpha value is -2.11. The maximum atomic E-state index is 12.3. The summed E-state index contributed by atoms with van der Waals surface area (Å²) in [5.74, 6) is -0.243. The number of halogens is 1. The van der Waals surface area contributed by atoms with Crippen LogP contribution in [0.25, 0.3) is 10.6 Å². The average molecular weight is 332 g/mol. The van der Waals surface area contributed by atoms with Gasteiger partial charge in [-0.05, 0) is 42.6 Å². The van der Waals surface area contributed by atoms with Crippen LogP contribution in [-0.2, 0) is 6.54 Å². The number of benzene rings is 1. The topological polar surface area (TPSA) is 46.9 Å². The molecule has 0 aliphatic carbocycles. The molecule has 1 amide bonds. The first kappa shape index (κ1) is 14.8. The SMILES string of the molecule is CCn1nc(C(=O)Nc2cccc(Cl)c2)cc1-c1cccs1. The Labute approximate surface area is 137 Å². The lowest BCUT2D eigenvalue weighted by molar-refractivity contribution is 0.102. The smallest absolute Gasteiger partial charge is 0.276 e. The first-order valence-corrected chi connectivity index (χ1v) is 8.12. The quantitative estimate of drug-likeness (QED) is 0.763. The minimum Gasteiger partial charge on any atom is -0.321 e. The van der Waals surface area contributed by atoms with E-state index in [4.69, 9.17) is 11.6 Å². The average Bonchev–Trinajstić information content (AvgIpc) is 3.16. The van der Waals surface area contributed by atoms with Gasteiger partial charge in [0.1, 0.15) is 0 Å². The van der Waals surface area contributed by atoms with Crippen molar-refractivity contribution in [3.8, 4) is 10.6 Å². The molecule has 2 aromatic heterocycles. The molecule has 0 atom stereocenters. The van der Waals surface area contributed by atoms with Crippen LogP contribution in [0.5, 0.6) is 0 Å². The first-order chi connectivity index (χ1) is 10.7. The number of aryl methyl sites for hydroxylation is 1. The number of carbonyl (C=O) groups excluding carboxylic acids is 1. The van der Waals surface area contributed by atoms with Crippen molar-refractivity contribution in [2.75, 3.05) is 5.32 Å². The molecule has 0 saturated heterocycles. The number of amides is 1. The highest BCUT2D eigenvalue weighted by Gasteiger charge is 2.15. The molecule has 2 heterocycles. The molecule has 4 nitrogen and oxygen atoms in total. The van der Waals surface area contributed by atoms with Crippen molar-refractivity contribution in [3.05, 3.63) is 58.6 Å². The summed E-state index contributed by atoms with van der Waals surface area (Å²) in [4.78, 5) is 13.4. The van der Waals surface area contributed by atoms with Crippen molar-refractivity contribution < 1.29 is 4.79 Å². The van der Waals surface area contributed by atoms with E-state index in [0.717, 1.165) is 10.6 Å². The zero-order valence-corrected chi connectivity index (χ0v) is 13.5. The van der Waals surface area contributed by atoms with Crippen molar-refractivity contribution >= 4 is 34.5 Å². The number of nitrogens with one attached hydrogen (secondary N) is 1. The third-order valence-electron chi connectivity index (χ3n) is 3.17. The lowest BCUT2D eigenvalue weighted by Crippen LogP contribution is -2.13. The van der Waals surface area contributed by atoms with Crippen LogP contribution in [0.2, 0.25) is 5.02 Å². The number of nitrogens with zero attached hydrogens (tertiary/aromatic N) is 2. The molecule has 0 bridgehead atoms. The predicted molar refractivity (Wildman–Crippen MR) is 90.6 cm³/mol. The zero-order chi connectivity index (χ0) is 15.5. The number of rotatable bonds is 4. The number of hydrogen-bond donors (Lipinski definition) is 1. The van der Waals surface area contributed by atoms with Gasteiger partial charge in [-0.25, -0.2) is 0 Å². The molecular weight excluding hydrogens is 318 g/mol. The maximum absolute atomic E-state index is 12.3. The van der Waals surface area contributed by atoms with Gasteiger partial charge in [0.05, 0.1) is 10.6 Å². The number of aromatic nitrogens is 2. The Morgan fingerprint density at radius 3 is 2.86 bits per heavy atom. The van der Waals surface area contributed by atoms with Gasteiger partial charge in [-0.1, -0.05) is 23.7 Å². The molecule has 22 heavy (non-hydrogen) atoms. The standard InChI is InChI=1S/C16H14ClN3OS/c1-2-20-14(15-7-4-8-22-15)10-13(19-20)16(21)18-12-6-3-5-11(17)9-12/h3-10H,2H2,1H3,(H,18,21). The van der Waals surface area contributed by atoms with Gasteiger partial charge in [0, 0.05) is 17.3 Å².